The maximum Gasteiger partial charge on any atom is 0.309 e. The van der Waals surface area contributed by atoms with Crippen molar-refractivity contribution in [3.63, 3.8) is 0 Å². The minimum Gasteiger partial charge on any atom is -0.493 e. The third kappa shape index (κ3) is 4.15. The third-order valence-corrected chi connectivity index (χ3v) is 2.89. The molecule has 0 aliphatic carbocycles. The number of hydrogen-bond donors (Lipinski definition) is 1. The Morgan fingerprint density at radius 2 is 1.80 bits per heavy atom. The molecule has 0 aromatic heterocycles. The van der Waals surface area contributed by atoms with E-state index in [1.165, 1.54) is 21.3 Å². The molecule has 20 heavy (non-hydrogen) atoms. The smallest absolute Gasteiger partial charge is 0.309 e. The number of carbonyl (C=O) groups excluding carboxylic acids is 1. The lowest BCUT2D eigenvalue weighted by atomic mass is 9.96. The SMILES string of the molecule is COC(=O)[C@@H](CC(=O)O)Cc1ccc(OC)c(OC)c1. The predicted octanol–water partition coefficient (Wildman–Crippen LogP) is 1.51. The molecule has 6 heteroatoms. The number of hydrogen-bond acceptors (Lipinski definition) is 5. The Kier molecular flexibility index (Phi) is 5.83. The molecule has 6 nitrogen and oxygen atoms in total. The number of methoxy groups -OCH3 is 3. The lowest BCUT2D eigenvalue weighted by Gasteiger charge is -2.14. The van der Waals surface area contributed by atoms with Gasteiger partial charge in [-0.2, -0.15) is 0 Å². The first kappa shape index (κ1) is 15.8. The Labute approximate surface area is 117 Å². The molecule has 0 radical (unpaired) electrons. The van der Waals surface area contributed by atoms with E-state index in [2.05, 4.69) is 4.74 Å². The number of aliphatic carboxylic acids is 1. The highest BCUT2D eigenvalue weighted by Crippen LogP contribution is 2.29. The highest BCUT2D eigenvalue weighted by atomic mass is 16.5. The molecule has 1 atom stereocenters. The van der Waals surface area contributed by atoms with Gasteiger partial charge in [0.25, 0.3) is 0 Å². The zero-order valence-corrected chi connectivity index (χ0v) is 11.7. The van der Waals surface area contributed by atoms with E-state index in [1.807, 2.05) is 0 Å². The predicted molar refractivity (Wildman–Crippen MR) is 71.0 cm³/mol. The standard InChI is InChI=1S/C14H18O6/c1-18-11-5-4-9(7-12(11)19-2)6-10(8-13(15)16)14(17)20-3/h4-5,7,10H,6,8H2,1-3H3,(H,15,16)/t10-/m1/s1. The largest absolute Gasteiger partial charge is 0.493 e. The normalized spacial score (nSPS) is 11.6. The molecular weight excluding hydrogens is 264 g/mol. The average molecular weight is 282 g/mol. The van der Waals surface area contributed by atoms with Crippen LogP contribution in [-0.2, 0) is 20.7 Å². The third-order valence-electron chi connectivity index (χ3n) is 2.89. The summed E-state index contributed by atoms with van der Waals surface area (Å²) in [5, 5.41) is 8.84. The summed E-state index contributed by atoms with van der Waals surface area (Å²) in [7, 11) is 4.28. The topological polar surface area (TPSA) is 82.1 Å². The molecule has 1 N–H and O–H groups in total. The number of carbonyl (C=O) groups is 2. The summed E-state index contributed by atoms with van der Waals surface area (Å²) in [4.78, 5) is 22.4. The van der Waals surface area contributed by atoms with Gasteiger partial charge in [0.15, 0.2) is 11.5 Å². The van der Waals surface area contributed by atoms with Gasteiger partial charge in [-0.1, -0.05) is 6.07 Å². The Bertz CT molecular complexity index is 483. The second-order valence-corrected chi connectivity index (χ2v) is 4.21. The molecule has 1 aromatic rings. The van der Waals surface area contributed by atoms with E-state index < -0.39 is 17.9 Å². The van der Waals surface area contributed by atoms with Gasteiger partial charge in [0.05, 0.1) is 33.7 Å². The van der Waals surface area contributed by atoms with Crippen LogP contribution >= 0.6 is 0 Å². The molecule has 110 valence electrons. The number of ether oxygens (including phenoxy) is 3. The molecule has 1 rings (SSSR count). The zero-order chi connectivity index (χ0) is 15.1. The molecule has 0 unspecified atom stereocenters. The van der Waals surface area contributed by atoms with Gasteiger partial charge in [-0.25, -0.2) is 0 Å². The number of carboxylic acids is 1. The van der Waals surface area contributed by atoms with Crippen LogP contribution in [0.15, 0.2) is 18.2 Å². The highest BCUT2D eigenvalue weighted by molar-refractivity contribution is 5.79. The van der Waals surface area contributed by atoms with Crippen LogP contribution in [0, 0.1) is 5.92 Å². The summed E-state index contributed by atoms with van der Waals surface area (Å²) < 4.78 is 14.9. The van der Waals surface area contributed by atoms with Gasteiger partial charge in [-0.3, -0.25) is 9.59 Å². The Morgan fingerprint density at radius 1 is 1.15 bits per heavy atom. The maximum absolute atomic E-state index is 11.6. The van der Waals surface area contributed by atoms with E-state index in [0.29, 0.717) is 11.5 Å². The first-order chi connectivity index (χ1) is 9.51. The number of rotatable bonds is 7. The van der Waals surface area contributed by atoms with Crippen molar-refractivity contribution < 1.29 is 28.9 Å². The fourth-order valence-electron chi connectivity index (χ4n) is 1.91. The van der Waals surface area contributed by atoms with Crippen LogP contribution in [0.2, 0.25) is 0 Å². The van der Waals surface area contributed by atoms with Crippen molar-refractivity contribution in [2.75, 3.05) is 21.3 Å². The minimum atomic E-state index is -1.04. The molecule has 0 heterocycles. The first-order valence-electron chi connectivity index (χ1n) is 6.02. The molecule has 0 aliphatic rings. The van der Waals surface area contributed by atoms with Gasteiger partial charge in [0, 0.05) is 0 Å². The van der Waals surface area contributed by atoms with Crippen LogP contribution in [0.1, 0.15) is 12.0 Å². The second kappa shape index (κ2) is 7.37. The Hall–Kier alpha value is -2.24. The highest BCUT2D eigenvalue weighted by Gasteiger charge is 2.23. The number of esters is 1. The summed E-state index contributed by atoms with van der Waals surface area (Å²) in [5.74, 6) is -1.20. The molecule has 0 saturated carbocycles. The van der Waals surface area contributed by atoms with Crippen molar-refractivity contribution >= 4 is 11.9 Å². The maximum atomic E-state index is 11.6. The summed E-state index contributed by atoms with van der Waals surface area (Å²) >= 11 is 0. The van der Waals surface area contributed by atoms with E-state index in [-0.39, 0.29) is 12.8 Å². The average Bonchev–Trinajstić information content (AvgIpc) is 2.45. The quantitative estimate of drug-likeness (QED) is 0.763. The van der Waals surface area contributed by atoms with E-state index in [4.69, 9.17) is 14.6 Å². The fraction of sp³-hybridized carbons (Fsp3) is 0.429. The lowest BCUT2D eigenvalue weighted by Crippen LogP contribution is -2.22. The molecular formula is C14H18O6. The van der Waals surface area contributed by atoms with Crippen molar-refractivity contribution in [3.05, 3.63) is 23.8 Å². The van der Waals surface area contributed by atoms with Gasteiger partial charge in [0.2, 0.25) is 0 Å². The fourth-order valence-corrected chi connectivity index (χ4v) is 1.91. The van der Waals surface area contributed by atoms with Crippen molar-refractivity contribution in [1.29, 1.82) is 0 Å². The Morgan fingerprint density at radius 3 is 2.30 bits per heavy atom. The molecule has 0 saturated heterocycles. The van der Waals surface area contributed by atoms with Crippen molar-refractivity contribution in [1.82, 2.24) is 0 Å². The summed E-state index contributed by atoms with van der Waals surface area (Å²) in [5.41, 5.74) is 0.777. The van der Waals surface area contributed by atoms with Crippen LogP contribution in [-0.4, -0.2) is 38.4 Å². The molecule has 0 spiro atoms. The molecule has 0 fully saturated rings. The molecule has 0 amide bonds. The second-order valence-electron chi connectivity index (χ2n) is 4.21. The van der Waals surface area contributed by atoms with Gasteiger partial charge in [0.1, 0.15) is 0 Å². The van der Waals surface area contributed by atoms with Gasteiger partial charge < -0.3 is 19.3 Å². The summed E-state index contributed by atoms with van der Waals surface area (Å²) in [6, 6.07) is 5.19. The molecule has 1 aromatic carbocycles. The first-order valence-corrected chi connectivity index (χ1v) is 6.02. The van der Waals surface area contributed by atoms with Crippen LogP contribution in [0.5, 0.6) is 11.5 Å². The molecule has 0 bridgehead atoms. The number of benzene rings is 1. The van der Waals surface area contributed by atoms with Crippen LogP contribution in [0.3, 0.4) is 0 Å². The van der Waals surface area contributed by atoms with Crippen LogP contribution in [0.4, 0.5) is 0 Å². The van der Waals surface area contributed by atoms with Crippen LogP contribution < -0.4 is 9.47 Å². The van der Waals surface area contributed by atoms with Crippen LogP contribution in [0.25, 0.3) is 0 Å². The summed E-state index contributed by atoms with van der Waals surface area (Å²) in [6.07, 6.45) is -0.0135. The Balaban J connectivity index is 2.93. The van der Waals surface area contributed by atoms with E-state index in [0.717, 1.165) is 5.56 Å². The van der Waals surface area contributed by atoms with E-state index in [9.17, 15) is 9.59 Å². The van der Waals surface area contributed by atoms with Crippen molar-refractivity contribution in [2.24, 2.45) is 5.92 Å². The molecule has 0 aliphatic heterocycles. The van der Waals surface area contributed by atoms with E-state index in [1.54, 1.807) is 18.2 Å². The lowest BCUT2D eigenvalue weighted by molar-refractivity contribution is -0.150. The van der Waals surface area contributed by atoms with Gasteiger partial charge in [-0.15, -0.1) is 0 Å². The minimum absolute atomic E-state index is 0.263. The summed E-state index contributed by atoms with van der Waals surface area (Å²) in [6.45, 7) is 0. The number of carboxylic acid groups (broad SMARTS) is 1. The van der Waals surface area contributed by atoms with E-state index >= 15 is 0 Å². The zero-order valence-electron chi connectivity index (χ0n) is 11.7. The van der Waals surface area contributed by atoms with Gasteiger partial charge in [-0.05, 0) is 24.1 Å². The van der Waals surface area contributed by atoms with Crippen molar-refractivity contribution in [2.45, 2.75) is 12.8 Å². The van der Waals surface area contributed by atoms with Gasteiger partial charge >= 0.3 is 11.9 Å². The monoisotopic (exact) mass is 282 g/mol. The van der Waals surface area contributed by atoms with Crippen molar-refractivity contribution in [3.8, 4) is 11.5 Å².